The van der Waals surface area contributed by atoms with Crippen LogP contribution in [-0.2, 0) is 4.79 Å². The third-order valence-corrected chi connectivity index (χ3v) is 5.60. The van der Waals surface area contributed by atoms with Crippen molar-refractivity contribution in [2.24, 2.45) is 0 Å². The lowest BCUT2D eigenvalue weighted by Crippen LogP contribution is -2.40. The number of likely N-dealkylation sites (tertiary alicyclic amines) is 1. The number of carboxylic acid groups (broad SMARTS) is 1. The van der Waals surface area contributed by atoms with Gasteiger partial charge in [0.05, 0.1) is 5.56 Å². The van der Waals surface area contributed by atoms with Gasteiger partial charge < -0.3 is 15.0 Å². The number of fused-ring (bicyclic) bond motifs is 1. The molecule has 1 fully saturated rings. The summed E-state index contributed by atoms with van der Waals surface area (Å²) < 4.78 is 1.74. The lowest BCUT2D eigenvalue weighted by atomic mass is 10.1. The maximum absolute atomic E-state index is 12.6. The predicted octanol–water partition coefficient (Wildman–Crippen LogP) is 3.38. The fourth-order valence-corrected chi connectivity index (χ4v) is 3.40. The molecule has 0 aliphatic carbocycles. The molecule has 1 saturated heterocycles. The second-order valence-corrected chi connectivity index (χ2v) is 6.72. The van der Waals surface area contributed by atoms with E-state index in [2.05, 4.69) is 36.8 Å². The van der Waals surface area contributed by atoms with Crippen molar-refractivity contribution in [1.29, 1.82) is 0 Å². The van der Waals surface area contributed by atoms with Gasteiger partial charge in [-0.15, -0.1) is 0 Å². The van der Waals surface area contributed by atoms with Crippen LogP contribution in [0.5, 0.6) is 0 Å². The topological polar surface area (TPSA) is 73.4 Å². The molecule has 1 atom stereocenters. The molecule has 1 aromatic carbocycles. The van der Waals surface area contributed by atoms with Gasteiger partial charge in [-0.2, -0.15) is 0 Å². The normalized spacial score (nSPS) is 18.4. The van der Waals surface area contributed by atoms with Gasteiger partial charge in [0.2, 0.25) is 0 Å². The number of benzene rings is 1. The third-order valence-electron chi connectivity index (χ3n) is 3.75. The highest BCUT2D eigenvalue weighted by Gasteiger charge is 2.35. The molecule has 0 unspecified atom stereocenters. The molecule has 2 heterocycles. The molecular weight excluding hydrogens is 404 g/mol. The minimum atomic E-state index is -0.940. The molecule has 0 bridgehead atoms. The first-order chi connectivity index (χ1) is 9.99. The van der Waals surface area contributed by atoms with Gasteiger partial charge in [0, 0.05) is 32.6 Å². The largest absolute Gasteiger partial charge is 0.480 e. The van der Waals surface area contributed by atoms with E-state index < -0.39 is 12.0 Å². The molecule has 1 aliphatic rings. The highest BCUT2D eigenvalue weighted by molar-refractivity contribution is 9.13. The number of aromatic nitrogens is 1. The van der Waals surface area contributed by atoms with Crippen molar-refractivity contribution in [2.45, 2.75) is 18.9 Å². The SMILES string of the molecule is O=C(O)[C@H]1CCCN1C(=O)c1c[nH]c2cc(Br)c(Br)cc12. The second-order valence-electron chi connectivity index (χ2n) is 5.01. The van der Waals surface area contributed by atoms with E-state index in [9.17, 15) is 14.7 Å². The van der Waals surface area contributed by atoms with Gasteiger partial charge in [-0.3, -0.25) is 4.79 Å². The van der Waals surface area contributed by atoms with Crippen LogP contribution in [0.3, 0.4) is 0 Å². The number of hydrogen-bond donors (Lipinski definition) is 2. The summed E-state index contributed by atoms with van der Waals surface area (Å²) in [6, 6.07) is 3.02. The summed E-state index contributed by atoms with van der Waals surface area (Å²) in [5.41, 5.74) is 1.34. The van der Waals surface area contributed by atoms with E-state index in [4.69, 9.17) is 0 Å². The number of H-pyrrole nitrogens is 1. The molecule has 0 saturated carbocycles. The number of nitrogens with one attached hydrogen (secondary N) is 1. The Morgan fingerprint density at radius 2 is 2.00 bits per heavy atom. The zero-order chi connectivity index (χ0) is 15.1. The monoisotopic (exact) mass is 414 g/mol. The van der Waals surface area contributed by atoms with Crippen molar-refractivity contribution < 1.29 is 14.7 Å². The van der Waals surface area contributed by atoms with Gasteiger partial charge >= 0.3 is 5.97 Å². The van der Waals surface area contributed by atoms with Gasteiger partial charge in [0.25, 0.3) is 5.91 Å². The van der Waals surface area contributed by atoms with Crippen LogP contribution in [0.25, 0.3) is 10.9 Å². The van der Waals surface area contributed by atoms with Crippen molar-refractivity contribution >= 4 is 54.6 Å². The molecule has 3 rings (SSSR count). The Bertz CT molecular complexity index is 741. The number of nitrogens with zero attached hydrogens (tertiary/aromatic N) is 1. The van der Waals surface area contributed by atoms with E-state index >= 15 is 0 Å². The lowest BCUT2D eigenvalue weighted by molar-refractivity contribution is -0.141. The molecule has 1 aliphatic heterocycles. The first-order valence-electron chi connectivity index (χ1n) is 6.49. The Balaban J connectivity index is 2.02. The number of aliphatic carboxylic acids is 1. The smallest absolute Gasteiger partial charge is 0.326 e. The lowest BCUT2D eigenvalue weighted by Gasteiger charge is -2.21. The van der Waals surface area contributed by atoms with Crippen LogP contribution in [0.1, 0.15) is 23.2 Å². The van der Waals surface area contributed by atoms with E-state index in [0.29, 0.717) is 18.5 Å². The molecule has 0 spiro atoms. The van der Waals surface area contributed by atoms with E-state index in [1.165, 1.54) is 4.90 Å². The maximum atomic E-state index is 12.6. The first-order valence-corrected chi connectivity index (χ1v) is 8.07. The summed E-state index contributed by atoms with van der Waals surface area (Å²) in [7, 11) is 0. The fourth-order valence-electron chi connectivity index (χ4n) is 2.71. The third kappa shape index (κ3) is 2.48. The maximum Gasteiger partial charge on any atom is 0.326 e. The van der Waals surface area contributed by atoms with Crippen LogP contribution in [0.4, 0.5) is 0 Å². The minimum absolute atomic E-state index is 0.236. The molecule has 2 N–H and O–H groups in total. The summed E-state index contributed by atoms with van der Waals surface area (Å²) in [4.78, 5) is 28.4. The van der Waals surface area contributed by atoms with Gasteiger partial charge in [-0.25, -0.2) is 4.79 Å². The Labute approximate surface area is 137 Å². The van der Waals surface area contributed by atoms with Gasteiger partial charge in [-0.1, -0.05) is 0 Å². The van der Waals surface area contributed by atoms with Crippen molar-refractivity contribution in [3.63, 3.8) is 0 Å². The minimum Gasteiger partial charge on any atom is -0.480 e. The van der Waals surface area contributed by atoms with E-state index in [0.717, 1.165) is 26.3 Å². The summed E-state index contributed by atoms with van der Waals surface area (Å²) in [5, 5.41) is 9.99. The van der Waals surface area contributed by atoms with Gasteiger partial charge in [0.1, 0.15) is 6.04 Å². The summed E-state index contributed by atoms with van der Waals surface area (Å²) in [5.74, 6) is -1.18. The fraction of sp³-hybridized carbons (Fsp3) is 0.286. The number of hydrogen-bond acceptors (Lipinski definition) is 2. The Hall–Kier alpha value is -1.34. The van der Waals surface area contributed by atoms with Crippen LogP contribution < -0.4 is 0 Å². The molecule has 5 nitrogen and oxygen atoms in total. The molecular formula is C14H12Br2N2O3. The van der Waals surface area contributed by atoms with Crippen LogP contribution >= 0.6 is 31.9 Å². The highest BCUT2D eigenvalue weighted by Crippen LogP contribution is 2.31. The van der Waals surface area contributed by atoms with E-state index in [1.54, 1.807) is 6.20 Å². The molecule has 110 valence electrons. The molecule has 21 heavy (non-hydrogen) atoms. The van der Waals surface area contributed by atoms with Crippen LogP contribution in [-0.4, -0.2) is 39.5 Å². The second kappa shape index (κ2) is 5.46. The average Bonchev–Trinajstić information content (AvgIpc) is 3.05. The first kappa shape index (κ1) is 14.6. The standard InChI is InChI=1S/C14H12Br2N2O3/c15-9-4-7-8(6-17-11(7)5-10(9)16)13(19)18-3-1-2-12(18)14(20)21/h4-6,12,17H,1-3H2,(H,20,21)/t12-/m1/s1. The van der Waals surface area contributed by atoms with Crippen molar-refractivity contribution in [3.05, 3.63) is 32.8 Å². The van der Waals surface area contributed by atoms with Crippen molar-refractivity contribution in [1.82, 2.24) is 9.88 Å². The number of carboxylic acids is 1. The van der Waals surface area contributed by atoms with Gasteiger partial charge in [-0.05, 0) is 56.8 Å². The van der Waals surface area contributed by atoms with Crippen molar-refractivity contribution in [2.75, 3.05) is 6.54 Å². The molecule has 7 heteroatoms. The average molecular weight is 416 g/mol. The molecule has 0 radical (unpaired) electrons. The van der Waals surface area contributed by atoms with E-state index in [-0.39, 0.29) is 5.91 Å². The number of amides is 1. The summed E-state index contributed by atoms with van der Waals surface area (Å²) in [6.07, 6.45) is 2.88. The summed E-state index contributed by atoms with van der Waals surface area (Å²) in [6.45, 7) is 0.486. The van der Waals surface area contributed by atoms with Crippen molar-refractivity contribution in [3.8, 4) is 0 Å². The number of rotatable bonds is 2. The van der Waals surface area contributed by atoms with Crippen LogP contribution in [0.2, 0.25) is 0 Å². The van der Waals surface area contributed by atoms with Crippen LogP contribution in [0, 0.1) is 0 Å². The van der Waals surface area contributed by atoms with Gasteiger partial charge in [0.15, 0.2) is 0 Å². The number of halogens is 2. The number of carbonyl (C=O) groups is 2. The Kier molecular flexibility index (Phi) is 3.79. The molecule has 2 aromatic rings. The summed E-state index contributed by atoms with van der Waals surface area (Å²) >= 11 is 6.84. The number of aromatic amines is 1. The molecule has 1 amide bonds. The highest BCUT2D eigenvalue weighted by atomic mass is 79.9. The molecule has 1 aromatic heterocycles. The predicted molar refractivity (Wildman–Crippen MR) is 85.4 cm³/mol. The Morgan fingerprint density at radius 3 is 2.71 bits per heavy atom. The Morgan fingerprint density at radius 1 is 1.29 bits per heavy atom. The zero-order valence-electron chi connectivity index (χ0n) is 10.9. The zero-order valence-corrected chi connectivity index (χ0v) is 14.1. The van der Waals surface area contributed by atoms with E-state index in [1.807, 2.05) is 12.1 Å². The quantitative estimate of drug-likeness (QED) is 0.789. The van der Waals surface area contributed by atoms with Crippen LogP contribution in [0.15, 0.2) is 27.3 Å². The number of carbonyl (C=O) groups excluding carboxylic acids is 1.